The summed E-state index contributed by atoms with van der Waals surface area (Å²) in [4.78, 5) is 0. The minimum atomic E-state index is -0.996. The van der Waals surface area contributed by atoms with Gasteiger partial charge in [-0.25, -0.2) is 8.78 Å². The van der Waals surface area contributed by atoms with E-state index in [4.69, 9.17) is 9.47 Å². The summed E-state index contributed by atoms with van der Waals surface area (Å²) >= 11 is 0. The molecule has 2 nitrogen and oxygen atoms in total. The zero-order valence-corrected chi connectivity index (χ0v) is 19.0. The summed E-state index contributed by atoms with van der Waals surface area (Å²) < 4.78 is 54.7. The van der Waals surface area contributed by atoms with Gasteiger partial charge in [-0.1, -0.05) is 49.7 Å². The summed E-state index contributed by atoms with van der Waals surface area (Å²) in [7, 11) is 1.71. The zero-order chi connectivity index (χ0) is 23.4. The lowest BCUT2D eigenvalue weighted by molar-refractivity contribution is -0.00172. The second-order valence-corrected chi connectivity index (χ2v) is 8.50. The summed E-state index contributed by atoms with van der Waals surface area (Å²) in [5, 5.41) is 0. The predicted octanol–water partition coefficient (Wildman–Crippen LogP) is 6.47. The normalized spacial score (nSPS) is 18.3. The molecule has 0 bridgehead atoms. The number of halogens is 3. The molecule has 1 aliphatic heterocycles. The molecule has 6 heteroatoms. The molecule has 172 valence electrons. The number of rotatable bonds is 7. The van der Waals surface area contributed by atoms with Crippen molar-refractivity contribution in [2.24, 2.45) is 0 Å². The van der Waals surface area contributed by atoms with Crippen LogP contribution in [0.1, 0.15) is 44.1 Å². The lowest BCUT2D eigenvalue weighted by Crippen LogP contribution is -2.25. The van der Waals surface area contributed by atoms with Crippen LogP contribution in [0.5, 0.6) is 5.75 Å². The third-order valence-electron chi connectivity index (χ3n) is 6.30. The maximum Gasteiger partial charge on any atom is 0.201 e. The van der Waals surface area contributed by atoms with Crippen LogP contribution in [0.25, 0.3) is 22.3 Å². The van der Waals surface area contributed by atoms with E-state index >= 15 is 0 Å². The van der Waals surface area contributed by atoms with E-state index in [1.165, 1.54) is 12.1 Å². The van der Waals surface area contributed by atoms with Crippen LogP contribution in [0.4, 0.5) is 13.2 Å². The number of benzene rings is 3. The fourth-order valence-corrected chi connectivity index (χ4v) is 4.50. The lowest BCUT2D eigenvalue weighted by atomic mass is 9.89. The van der Waals surface area contributed by atoms with Crippen molar-refractivity contribution in [2.75, 3.05) is 13.1 Å². The highest BCUT2D eigenvalue weighted by atomic mass is 19.2. The second-order valence-electron chi connectivity index (χ2n) is 8.50. The molecule has 4 rings (SSSR count). The predicted molar refractivity (Wildman–Crippen MR) is 128 cm³/mol. The fraction of sp³-hybridized carbons (Fsp3) is 0.333. The van der Waals surface area contributed by atoms with Crippen molar-refractivity contribution < 1.29 is 22.6 Å². The molecule has 2 atom stereocenters. The van der Waals surface area contributed by atoms with Crippen LogP contribution in [0.15, 0.2) is 54.6 Å². The van der Waals surface area contributed by atoms with Gasteiger partial charge < -0.3 is 9.47 Å². The fourth-order valence-electron chi connectivity index (χ4n) is 4.50. The van der Waals surface area contributed by atoms with Gasteiger partial charge in [0.05, 0.1) is 19.2 Å². The molecule has 0 aromatic heterocycles. The summed E-state index contributed by atoms with van der Waals surface area (Å²) in [6.07, 6.45) is 4.33. The van der Waals surface area contributed by atoms with Crippen molar-refractivity contribution in [3.63, 3.8) is 0 Å². The molecular formula is C27H28BF3O2. The van der Waals surface area contributed by atoms with Gasteiger partial charge >= 0.3 is 0 Å². The molecule has 0 radical (unpaired) electrons. The third-order valence-corrected chi connectivity index (χ3v) is 6.30. The highest BCUT2D eigenvalue weighted by Gasteiger charge is 2.24. The second kappa shape index (κ2) is 10.5. The Morgan fingerprint density at radius 1 is 0.909 bits per heavy atom. The Labute approximate surface area is 194 Å². The van der Waals surface area contributed by atoms with Gasteiger partial charge in [0.2, 0.25) is 5.82 Å². The molecule has 3 aromatic rings. The van der Waals surface area contributed by atoms with Crippen LogP contribution < -0.4 is 4.74 Å². The molecule has 0 amide bonds. The molecule has 2 unspecified atom stereocenters. The molecule has 3 aromatic carbocycles. The van der Waals surface area contributed by atoms with Crippen molar-refractivity contribution in [2.45, 2.75) is 44.6 Å². The standard InChI is InChI=1S/C27H28BF3O2/c1-2-3-21-10-8-20(15-32-21)22-11-9-19(14-24(22)29)17-4-6-18(7-5-17)23-12-13-25(33-16-28)27(31)26(23)30/h4-7,9,11-14,20-21H,2-3,8,10,15-16,28H2,1H3. The molecular weight excluding hydrogens is 424 g/mol. The van der Waals surface area contributed by atoms with Crippen LogP contribution in [-0.2, 0) is 4.74 Å². The average Bonchev–Trinajstić information content (AvgIpc) is 2.83. The minimum Gasteiger partial charge on any atom is -0.500 e. The Hall–Kier alpha value is -2.73. The van der Waals surface area contributed by atoms with Crippen LogP contribution in [0, 0.1) is 17.5 Å². The first-order chi connectivity index (χ1) is 16.0. The topological polar surface area (TPSA) is 18.5 Å². The SMILES string of the molecule is BCOc1ccc(-c2ccc(-c3ccc(C4CCC(CCC)OC4)c(F)c3)cc2)c(F)c1F. The van der Waals surface area contributed by atoms with Crippen molar-refractivity contribution in [1.29, 1.82) is 0 Å². The average molecular weight is 452 g/mol. The van der Waals surface area contributed by atoms with Gasteiger partial charge in [-0.15, -0.1) is 0 Å². The van der Waals surface area contributed by atoms with Gasteiger partial charge in [-0.05, 0) is 59.7 Å². The van der Waals surface area contributed by atoms with E-state index in [0.29, 0.717) is 23.8 Å². The molecule has 0 spiro atoms. The summed E-state index contributed by atoms with van der Waals surface area (Å²) in [6.45, 7) is 2.96. The van der Waals surface area contributed by atoms with E-state index in [2.05, 4.69) is 6.92 Å². The van der Waals surface area contributed by atoms with E-state index in [9.17, 15) is 13.2 Å². The molecule has 33 heavy (non-hydrogen) atoms. The number of hydrogen-bond acceptors (Lipinski definition) is 2. The van der Waals surface area contributed by atoms with E-state index in [1.807, 2.05) is 12.1 Å². The zero-order valence-electron chi connectivity index (χ0n) is 19.0. The Bertz CT molecular complexity index is 1090. The molecule has 0 N–H and O–H groups in total. The van der Waals surface area contributed by atoms with Gasteiger partial charge in [-0.2, -0.15) is 4.39 Å². The molecule has 1 saturated heterocycles. The first-order valence-electron chi connectivity index (χ1n) is 11.6. The quantitative estimate of drug-likeness (QED) is 0.383. The van der Waals surface area contributed by atoms with E-state index in [-0.39, 0.29) is 29.6 Å². The van der Waals surface area contributed by atoms with Gasteiger partial charge in [0.15, 0.2) is 19.4 Å². The maximum atomic E-state index is 14.9. The maximum absolute atomic E-state index is 14.9. The lowest BCUT2D eigenvalue weighted by Gasteiger charge is -2.29. The van der Waals surface area contributed by atoms with Crippen LogP contribution in [0.2, 0.25) is 0 Å². The summed E-state index contributed by atoms with van der Waals surface area (Å²) in [5.41, 5.74) is 2.93. The molecule has 0 saturated carbocycles. The van der Waals surface area contributed by atoms with Crippen molar-refractivity contribution >= 4 is 7.85 Å². The Morgan fingerprint density at radius 3 is 2.27 bits per heavy atom. The van der Waals surface area contributed by atoms with Crippen LogP contribution in [-0.4, -0.2) is 27.1 Å². The van der Waals surface area contributed by atoms with E-state index in [1.54, 1.807) is 38.2 Å². The Balaban J connectivity index is 1.51. The largest absolute Gasteiger partial charge is 0.500 e. The molecule has 1 aliphatic rings. The summed E-state index contributed by atoms with van der Waals surface area (Å²) in [5.74, 6) is -2.20. The number of hydrogen-bond donors (Lipinski definition) is 0. The Morgan fingerprint density at radius 2 is 1.64 bits per heavy atom. The van der Waals surface area contributed by atoms with Crippen molar-refractivity contribution in [3.05, 3.63) is 77.6 Å². The molecule has 0 aliphatic carbocycles. The number of ether oxygens (including phenoxy) is 2. The van der Waals surface area contributed by atoms with E-state index in [0.717, 1.165) is 36.8 Å². The Kier molecular flexibility index (Phi) is 7.44. The minimum absolute atomic E-state index is 0.0760. The first kappa shape index (κ1) is 23.4. The van der Waals surface area contributed by atoms with Gasteiger partial charge in [0, 0.05) is 11.5 Å². The third kappa shape index (κ3) is 5.11. The van der Waals surface area contributed by atoms with Crippen molar-refractivity contribution in [3.8, 4) is 28.0 Å². The highest BCUT2D eigenvalue weighted by Crippen LogP contribution is 2.34. The van der Waals surface area contributed by atoms with Crippen LogP contribution in [0.3, 0.4) is 0 Å². The molecule has 1 fully saturated rings. The summed E-state index contributed by atoms with van der Waals surface area (Å²) in [6, 6.07) is 15.2. The highest BCUT2D eigenvalue weighted by molar-refractivity contribution is 6.08. The van der Waals surface area contributed by atoms with Gasteiger partial charge in [0.25, 0.3) is 0 Å². The van der Waals surface area contributed by atoms with Gasteiger partial charge in [-0.3, -0.25) is 0 Å². The van der Waals surface area contributed by atoms with Crippen molar-refractivity contribution in [1.82, 2.24) is 0 Å². The van der Waals surface area contributed by atoms with Gasteiger partial charge in [0.1, 0.15) is 5.82 Å². The monoisotopic (exact) mass is 452 g/mol. The van der Waals surface area contributed by atoms with Crippen LogP contribution >= 0.6 is 0 Å². The smallest absolute Gasteiger partial charge is 0.201 e. The molecule has 1 heterocycles. The van der Waals surface area contributed by atoms with E-state index < -0.39 is 11.6 Å². The first-order valence-corrected chi connectivity index (χ1v) is 11.6.